The van der Waals surface area contributed by atoms with Crippen LogP contribution in [0.2, 0.25) is 0 Å². The van der Waals surface area contributed by atoms with E-state index in [4.69, 9.17) is 5.11 Å². The van der Waals surface area contributed by atoms with E-state index in [0.717, 1.165) is 11.3 Å². The fourth-order valence-corrected chi connectivity index (χ4v) is 1.66. The van der Waals surface area contributed by atoms with Gasteiger partial charge in [0.25, 0.3) is 0 Å². The Balaban J connectivity index is 2.42. The second-order valence-corrected chi connectivity index (χ2v) is 4.83. The Morgan fingerprint density at radius 3 is 2.67 bits per heavy atom. The number of carbonyl (C=O) groups excluding carboxylic acids is 1. The van der Waals surface area contributed by atoms with Crippen LogP contribution in [-0.2, 0) is 4.79 Å². The first-order chi connectivity index (χ1) is 8.52. The lowest BCUT2D eigenvalue weighted by Gasteiger charge is -2.19. The van der Waals surface area contributed by atoms with Gasteiger partial charge < -0.3 is 15.7 Å². The summed E-state index contributed by atoms with van der Waals surface area (Å²) in [5.74, 6) is 0.196. The Morgan fingerprint density at radius 1 is 1.39 bits per heavy atom. The molecule has 4 nitrogen and oxygen atoms in total. The molecule has 0 saturated heterocycles. The molecule has 0 radical (unpaired) electrons. The van der Waals surface area contributed by atoms with E-state index in [9.17, 15) is 4.79 Å². The number of hydrogen-bond donors (Lipinski definition) is 3. The van der Waals surface area contributed by atoms with Gasteiger partial charge in [-0.1, -0.05) is 26.0 Å². The lowest BCUT2D eigenvalue weighted by molar-refractivity contribution is -0.115. The predicted molar refractivity (Wildman–Crippen MR) is 73.5 cm³/mol. The molecule has 100 valence electrons. The first-order valence-electron chi connectivity index (χ1n) is 6.23. The molecule has 0 unspecified atom stereocenters. The van der Waals surface area contributed by atoms with Crippen molar-refractivity contribution in [2.45, 2.75) is 26.8 Å². The summed E-state index contributed by atoms with van der Waals surface area (Å²) in [6, 6.07) is 7.62. The fraction of sp³-hybridized carbons (Fsp3) is 0.500. The molecule has 1 rings (SSSR count). The van der Waals surface area contributed by atoms with Gasteiger partial charge in [-0.05, 0) is 30.5 Å². The summed E-state index contributed by atoms with van der Waals surface area (Å²) in [7, 11) is 0. The summed E-state index contributed by atoms with van der Waals surface area (Å²) in [6.07, 6.45) is 0. The molecule has 3 N–H and O–H groups in total. The molecule has 0 aromatic heterocycles. The Morgan fingerprint density at radius 2 is 2.11 bits per heavy atom. The molecule has 1 aromatic carbocycles. The van der Waals surface area contributed by atoms with Crippen molar-refractivity contribution in [3.63, 3.8) is 0 Å². The highest BCUT2D eigenvalue weighted by atomic mass is 16.3. The van der Waals surface area contributed by atoms with Crippen LogP contribution >= 0.6 is 0 Å². The average molecular weight is 250 g/mol. The van der Waals surface area contributed by atoms with Crippen molar-refractivity contribution < 1.29 is 9.90 Å². The molecule has 0 fully saturated rings. The van der Waals surface area contributed by atoms with E-state index >= 15 is 0 Å². The average Bonchev–Trinajstić information content (AvgIpc) is 2.29. The van der Waals surface area contributed by atoms with Crippen LogP contribution < -0.4 is 10.6 Å². The first kappa shape index (κ1) is 14.7. The van der Waals surface area contributed by atoms with Gasteiger partial charge in [0.2, 0.25) is 5.91 Å². The molecule has 0 aliphatic heterocycles. The van der Waals surface area contributed by atoms with Crippen LogP contribution in [0.5, 0.6) is 0 Å². The van der Waals surface area contributed by atoms with Gasteiger partial charge in [0.15, 0.2) is 0 Å². The predicted octanol–water partition coefficient (Wildman–Crippen LogP) is 1.54. The van der Waals surface area contributed by atoms with Crippen LogP contribution in [-0.4, -0.2) is 30.2 Å². The maximum Gasteiger partial charge on any atom is 0.238 e. The van der Waals surface area contributed by atoms with Gasteiger partial charge in [-0.3, -0.25) is 4.79 Å². The zero-order valence-electron chi connectivity index (χ0n) is 11.2. The Labute approximate surface area is 108 Å². The SMILES string of the molecule is Cc1cccc(NC(=O)CN[C@H](CO)C(C)C)c1. The molecule has 0 heterocycles. The topological polar surface area (TPSA) is 61.4 Å². The van der Waals surface area contributed by atoms with Crippen LogP contribution in [0.25, 0.3) is 0 Å². The lowest BCUT2D eigenvalue weighted by Crippen LogP contribution is -2.41. The number of hydrogen-bond acceptors (Lipinski definition) is 3. The van der Waals surface area contributed by atoms with Crippen LogP contribution in [0.3, 0.4) is 0 Å². The minimum Gasteiger partial charge on any atom is -0.395 e. The molecule has 1 aromatic rings. The molecule has 0 bridgehead atoms. The quantitative estimate of drug-likeness (QED) is 0.717. The van der Waals surface area contributed by atoms with Gasteiger partial charge in [-0.2, -0.15) is 0 Å². The van der Waals surface area contributed by atoms with E-state index in [1.807, 2.05) is 45.0 Å². The second-order valence-electron chi connectivity index (χ2n) is 4.83. The summed E-state index contributed by atoms with van der Waals surface area (Å²) < 4.78 is 0. The van der Waals surface area contributed by atoms with E-state index < -0.39 is 0 Å². The highest BCUT2D eigenvalue weighted by Crippen LogP contribution is 2.09. The van der Waals surface area contributed by atoms with Crippen molar-refractivity contribution >= 4 is 11.6 Å². The fourth-order valence-electron chi connectivity index (χ4n) is 1.66. The van der Waals surface area contributed by atoms with Crippen molar-refractivity contribution in [1.82, 2.24) is 5.32 Å². The minimum atomic E-state index is -0.0975. The normalized spacial score (nSPS) is 12.5. The number of aliphatic hydroxyl groups is 1. The number of nitrogens with one attached hydrogen (secondary N) is 2. The standard InChI is InChI=1S/C14H22N2O2/c1-10(2)13(9-17)15-8-14(18)16-12-6-4-5-11(3)7-12/h4-7,10,13,15,17H,8-9H2,1-3H3,(H,16,18)/t13-/m1/s1. The molecule has 18 heavy (non-hydrogen) atoms. The van der Waals surface area contributed by atoms with E-state index in [1.165, 1.54) is 0 Å². The van der Waals surface area contributed by atoms with E-state index in [1.54, 1.807) is 0 Å². The molecule has 0 aliphatic rings. The zero-order valence-corrected chi connectivity index (χ0v) is 11.2. The molecule has 0 spiro atoms. The molecule has 0 saturated carbocycles. The van der Waals surface area contributed by atoms with Crippen LogP contribution in [0.15, 0.2) is 24.3 Å². The molecule has 1 atom stereocenters. The molecule has 1 amide bonds. The van der Waals surface area contributed by atoms with Crippen molar-refractivity contribution in [1.29, 1.82) is 0 Å². The van der Waals surface area contributed by atoms with Crippen molar-refractivity contribution in [2.24, 2.45) is 5.92 Å². The summed E-state index contributed by atoms with van der Waals surface area (Å²) in [5.41, 5.74) is 1.91. The third kappa shape index (κ3) is 4.85. The van der Waals surface area contributed by atoms with Gasteiger partial charge in [0.1, 0.15) is 0 Å². The Hall–Kier alpha value is -1.39. The van der Waals surface area contributed by atoms with Crippen molar-refractivity contribution in [3.05, 3.63) is 29.8 Å². The Kier molecular flexibility index (Phi) is 5.82. The maximum atomic E-state index is 11.7. The highest BCUT2D eigenvalue weighted by Gasteiger charge is 2.12. The van der Waals surface area contributed by atoms with Crippen molar-refractivity contribution in [3.8, 4) is 0 Å². The van der Waals surface area contributed by atoms with Crippen LogP contribution in [0.4, 0.5) is 5.69 Å². The summed E-state index contributed by atoms with van der Waals surface area (Å²) in [5, 5.41) is 15.0. The van der Waals surface area contributed by atoms with Crippen molar-refractivity contribution in [2.75, 3.05) is 18.5 Å². The van der Waals surface area contributed by atoms with Crippen LogP contribution in [0, 0.1) is 12.8 Å². The molecular formula is C14H22N2O2. The second kappa shape index (κ2) is 7.13. The van der Waals surface area contributed by atoms with Gasteiger partial charge in [0, 0.05) is 11.7 Å². The number of rotatable bonds is 6. The van der Waals surface area contributed by atoms with Gasteiger partial charge in [-0.15, -0.1) is 0 Å². The molecule has 4 heteroatoms. The number of amides is 1. The highest BCUT2D eigenvalue weighted by molar-refractivity contribution is 5.92. The number of carbonyl (C=O) groups is 1. The third-order valence-electron chi connectivity index (χ3n) is 2.83. The number of aryl methyl sites for hydroxylation is 1. The van der Waals surface area contributed by atoms with E-state index in [0.29, 0.717) is 5.92 Å². The van der Waals surface area contributed by atoms with Gasteiger partial charge in [0.05, 0.1) is 13.2 Å². The Bertz CT molecular complexity index is 391. The smallest absolute Gasteiger partial charge is 0.238 e. The number of anilines is 1. The summed E-state index contributed by atoms with van der Waals surface area (Å²) in [4.78, 5) is 11.7. The summed E-state index contributed by atoms with van der Waals surface area (Å²) >= 11 is 0. The monoisotopic (exact) mass is 250 g/mol. The van der Waals surface area contributed by atoms with Gasteiger partial charge in [-0.25, -0.2) is 0 Å². The largest absolute Gasteiger partial charge is 0.395 e. The maximum absolute atomic E-state index is 11.7. The minimum absolute atomic E-state index is 0.0371. The van der Waals surface area contributed by atoms with Gasteiger partial charge >= 0.3 is 0 Å². The number of aliphatic hydroxyl groups excluding tert-OH is 1. The third-order valence-corrected chi connectivity index (χ3v) is 2.83. The molecular weight excluding hydrogens is 228 g/mol. The summed E-state index contributed by atoms with van der Waals surface area (Å²) in [6.45, 7) is 6.24. The van der Waals surface area contributed by atoms with E-state index in [2.05, 4.69) is 10.6 Å². The van der Waals surface area contributed by atoms with Crippen LogP contribution in [0.1, 0.15) is 19.4 Å². The first-order valence-corrected chi connectivity index (χ1v) is 6.23. The lowest BCUT2D eigenvalue weighted by atomic mass is 10.1. The number of benzene rings is 1. The zero-order chi connectivity index (χ0) is 13.5. The molecule has 0 aliphatic carbocycles. The van der Waals surface area contributed by atoms with E-state index in [-0.39, 0.29) is 25.1 Å².